The summed E-state index contributed by atoms with van der Waals surface area (Å²) in [6.45, 7) is 0. The maximum atomic E-state index is 10.5. The molecule has 0 spiro atoms. The molecule has 0 saturated heterocycles. The van der Waals surface area contributed by atoms with Crippen LogP contribution in [0.15, 0.2) is 32.6 Å². The minimum absolute atomic E-state index is 0.290. The number of hydrogen-bond acceptors (Lipinski definition) is 3. The van der Waals surface area contributed by atoms with Crippen LogP contribution < -0.4 is 0 Å². The lowest BCUT2D eigenvalue weighted by Gasteiger charge is -2.37. The van der Waals surface area contributed by atoms with Gasteiger partial charge in [-0.15, -0.1) is 11.8 Å². The highest BCUT2D eigenvalue weighted by Gasteiger charge is 2.38. The van der Waals surface area contributed by atoms with E-state index in [9.17, 15) is 4.79 Å². The number of nitrogens with zero attached hydrogens (tertiary/aromatic N) is 1. The summed E-state index contributed by atoms with van der Waals surface area (Å²) in [5.74, 6) is 0. The maximum absolute atomic E-state index is 10.5. The van der Waals surface area contributed by atoms with Crippen LogP contribution in [0.5, 0.6) is 0 Å². The van der Waals surface area contributed by atoms with E-state index in [1.54, 1.807) is 17.8 Å². The molecule has 0 aromatic heterocycles. The third-order valence-corrected chi connectivity index (χ3v) is 4.84. The lowest BCUT2D eigenvalue weighted by atomic mass is 9.72. The molecular weight excluding hydrogens is 286 g/mol. The van der Waals surface area contributed by atoms with Crippen molar-refractivity contribution in [1.82, 2.24) is 0 Å². The normalized spacial score (nSPS) is 17.4. The summed E-state index contributed by atoms with van der Waals surface area (Å²) in [5.41, 5.74) is 0.827. The van der Waals surface area contributed by atoms with Crippen molar-refractivity contribution in [3.63, 3.8) is 0 Å². The van der Waals surface area contributed by atoms with Gasteiger partial charge in [0.25, 0.3) is 0 Å². The quantitative estimate of drug-likeness (QED) is 0.481. The van der Waals surface area contributed by atoms with Crippen LogP contribution in [0.1, 0.15) is 24.8 Å². The zero-order chi connectivity index (χ0) is 11.6. The average Bonchev–Trinajstić information content (AvgIpc) is 2.23. The third-order valence-electron chi connectivity index (χ3n) is 3.13. The Bertz CT molecular complexity index is 450. The van der Waals surface area contributed by atoms with Crippen LogP contribution in [0.3, 0.4) is 0 Å². The van der Waals surface area contributed by atoms with Crippen molar-refractivity contribution in [2.45, 2.75) is 29.7 Å². The van der Waals surface area contributed by atoms with Crippen molar-refractivity contribution in [3.8, 4) is 0 Å². The van der Waals surface area contributed by atoms with Crippen molar-refractivity contribution in [1.29, 1.82) is 0 Å². The topological polar surface area (TPSA) is 29.4 Å². The first kappa shape index (κ1) is 11.9. The molecule has 16 heavy (non-hydrogen) atoms. The van der Waals surface area contributed by atoms with Crippen molar-refractivity contribution in [2.24, 2.45) is 4.99 Å². The fraction of sp³-hybridized carbons (Fsp3) is 0.417. The smallest absolute Gasteiger partial charge is 0.211 e. The number of halogens is 1. The highest BCUT2D eigenvalue weighted by molar-refractivity contribution is 9.10. The van der Waals surface area contributed by atoms with E-state index in [0.29, 0.717) is 0 Å². The van der Waals surface area contributed by atoms with Gasteiger partial charge >= 0.3 is 0 Å². The fourth-order valence-corrected chi connectivity index (χ4v) is 3.34. The summed E-state index contributed by atoms with van der Waals surface area (Å²) < 4.78 is 1.07. The molecule has 1 saturated carbocycles. The number of hydrogen-bond donors (Lipinski definition) is 0. The zero-order valence-corrected chi connectivity index (χ0v) is 11.4. The van der Waals surface area contributed by atoms with Crippen LogP contribution >= 0.6 is 27.7 Å². The Kier molecular flexibility index (Phi) is 3.53. The van der Waals surface area contributed by atoms with Crippen LogP contribution in [0.2, 0.25) is 0 Å². The van der Waals surface area contributed by atoms with Crippen LogP contribution in [0.25, 0.3) is 0 Å². The monoisotopic (exact) mass is 297 g/mol. The van der Waals surface area contributed by atoms with Gasteiger partial charge in [0.05, 0.1) is 5.54 Å². The van der Waals surface area contributed by atoms with Gasteiger partial charge in [0.1, 0.15) is 0 Å². The maximum Gasteiger partial charge on any atom is 0.235 e. The van der Waals surface area contributed by atoms with Crippen LogP contribution in [0.4, 0.5) is 0 Å². The summed E-state index contributed by atoms with van der Waals surface area (Å²) in [4.78, 5) is 15.7. The van der Waals surface area contributed by atoms with E-state index in [1.807, 2.05) is 6.26 Å². The second kappa shape index (κ2) is 4.74. The predicted octanol–water partition coefficient (Wildman–Crippen LogP) is 3.89. The minimum Gasteiger partial charge on any atom is -0.211 e. The van der Waals surface area contributed by atoms with E-state index in [2.05, 4.69) is 39.1 Å². The Balaban J connectivity index is 2.40. The van der Waals surface area contributed by atoms with E-state index in [1.165, 1.54) is 4.90 Å². The molecule has 1 fully saturated rings. The molecule has 1 aliphatic carbocycles. The fourth-order valence-electron chi connectivity index (χ4n) is 2.02. The molecule has 0 unspecified atom stereocenters. The lowest BCUT2D eigenvalue weighted by molar-refractivity contribution is 0.255. The van der Waals surface area contributed by atoms with Gasteiger partial charge < -0.3 is 0 Å². The Hall–Kier alpha value is -0.570. The van der Waals surface area contributed by atoms with Crippen molar-refractivity contribution < 1.29 is 4.79 Å². The average molecular weight is 298 g/mol. The molecule has 1 aromatic carbocycles. The largest absolute Gasteiger partial charge is 0.235 e. The lowest BCUT2D eigenvalue weighted by Crippen LogP contribution is -2.31. The summed E-state index contributed by atoms with van der Waals surface area (Å²) in [6.07, 6.45) is 6.79. The van der Waals surface area contributed by atoms with E-state index >= 15 is 0 Å². The molecule has 1 aromatic rings. The molecule has 2 rings (SSSR count). The van der Waals surface area contributed by atoms with Gasteiger partial charge in [-0.2, -0.15) is 4.99 Å². The molecule has 0 heterocycles. The highest BCUT2D eigenvalue weighted by Crippen LogP contribution is 2.46. The minimum atomic E-state index is -0.290. The second-order valence-corrected chi connectivity index (χ2v) is 5.64. The molecular formula is C12H12BrNOS. The third kappa shape index (κ3) is 1.97. The number of rotatable bonds is 3. The molecule has 0 amide bonds. The second-order valence-electron chi connectivity index (χ2n) is 3.94. The zero-order valence-electron chi connectivity index (χ0n) is 9.00. The van der Waals surface area contributed by atoms with E-state index < -0.39 is 0 Å². The van der Waals surface area contributed by atoms with Crippen molar-refractivity contribution in [2.75, 3.05) is 6.26 Å². The van der Waals surface area contributed by atoms with Crippen LogP contribution in [0, 0.1) is 0 Å². The standard InChI is InChI=1S/C12H12BrNOS/c1-16-11-4-3-9(7-10(11)13)12(14-8-15)5-2-6-12/h3-4,7H,2,5-6H2,1H3. The number of benzene rings is 1. The van der Waals surface area contributed by atoms with E-state index in [0.717, 1.165) is 29.3 Å². The van der Waals surface area contributed by atoms with Gasteiger partial charge in [0, 0.05) is 9.37 Å². The molecule has 4 heteroatoms. The Labute approximate surface area is 108 Å². The Morgan fingerprint density at radius 2 is 2.25 bits per heavy atom. The van der Waals surface area contributed by atoms with Gasteiger partial charge in [-0.1, -0.05) is 6.07 Å². The summed E-state index contributed by atoms with van der Waals surface area (Å²) in [7, 11) is 0. The van der Waals surface area contributed by atoms with Crippen LogP contribution in [-0.2, 0) is 10.3 Å². The first-order chi connectivity index (χ1) is 7.72. The first-order valence-electron chi connectivity index (χ1n) is 5.15. The van der Waals surface area contributed by atoms with Crippen molar-refractivity contribution >= 4 is 33.8 Å². The number of thioether (sulfide) groups is 1. The molecule has 0 N–H and O–H groups in total. The molecule has 2 nitrogen and oxygen atoms in total. The molecule has 1 aliphatic rings. The highest BCUT2D eigenvalue weighted by atomic mass is 79.9. The van der Waals surface area contributed by atoms with Crippen LogP contribution in [-0.4, -0.2) is 12.3 Å². The number of carbonyl (C=O) groups excluding carboxylic acids is 1. The molecule has 0 radical (unpaired) electrons. The van der Waals surface area contributed by atoms with Gasteiger partial charge in [-0.3, -0.25) is 0 Å². The molecule has 0 atom stereocenters. The number of isocyanates is 1. The molecule has 0 bridgehead atoms. The van der Waals surface area contributed by atoms with Gasteiger partial charge in [0.15, 0.2) is 0 Å². The summed E-state index contributed by atoms with van der Waals surface area (Å²) >= 11 is 5.24. The molecule has 84 valence electrons. The number of aliphatic imine (C=N–C) groups is 1. The summed E-state index contributed by atoms with van der Waals surface area (Å²) in [5, 5.41) is 0. The molecule has 0 aliphatic heterocycles. The van der Waals surface area contributed by atoms with E-state index in [4.69, 9.17) is 0 Å². The van der Waals surface area contributed by atoms with E-state index in [-0.39, 0.29) is 5.54 Å². The van der Waals surface area contributed by atoms with Gasteiger partial charge in [-0.05, 0) is 59.1 Å². The van der Waals surface area contributed by atoms with Crippen molar-refractivity contribution in [3.05, 3.63) is 28.2 Å². The predicted molar refractivity (Wildman–Crippen MR) is 69.6 cm³/mol. The Morgan fingerprint density at radius 1 is 1.50 bits per heavy atom. The first-order valence-corrected chi connectivity index (χ1v) is 7.17. The summed E-state index contributed by atoms with van der Waals surface area (Å²) in [6, 6.07) is 6.22. The van der Waals surface area contributed by atoms with Gasteiger partial charge in [-0.25, -0.2) is 4.79 Å². The van der Waals surface area contributed by atoms with Gasteiger partial charge in [0.2, 0.25) is 6.08 Å². The Morgan fingerprint density at radius 3 is 2.69 bits per heavy atom. The SMILES string of the molecule is CSc1ccc(C2(N=C=O)CCC2)cc1Br.